The third-order valence-corrected chi connectivity index (χ3v) is 6.89. The van der Waals surface area contributed by atoms with Crippen molar-refractivity contribution < 1.29 is 23.9 Å². The van der Waals surface area contributed by atoms with Crippen molar-refractivity contribution in [2.75, 3.05) is 32.9 Å². The summed E-state index contributed by atoms with van der Waals surface area (Å²) < 4.78 is 11.5. The molecule has 4 heterocycles. The number of nitrogens with one attached hydrogen (secondary N) is 1. The van der Waals surface area contributed by atoms with E-state index in [1.165, 1.54) is 12.8 Å². The molecular weight excluding hydrogens is 398 g/mol. The van der Waals surface area contributed by atoms with Crippen LogP contribution in [0.15, 0.2) is 18.2 Å². The van der Waals surface area contributed by atoms with Crippen molar-refractivity contribution in [3.05, 3.63) is 29.3 Å². The van der Waals surface area contributed by atoms with Crippen LogP contribution in [0.5, 0.6) is 5.75 Å². The van der Waals surface area contributed by atoms with Gasteiger partial charge in [0.15, 0.2) is 0 Å². The summed E-state index contributed by atoms with van der Waals surface area (Å²) in [5.74, 6) is 0.585. The minimum Gasteiger partial charge on any atom is -0.492 e. The summed E-state index contributed by atoms with van der Waals surface area (Å²) in [6.07, 6.45) is 4.24. The molecule has 4 aliphatic heterocycles. The minimum absolute atomic E-state index is 0.155. The number of amides is 3. The molecule has 8 heteroatoms. The molecule has 0 aromatic heterocycles. The van der Waals surface area contributed by atoms with Gasteiger partial charge in [0.2, 0.25) is 11.8 Å². The fourth-order valence-corrected chi connectivity index (χ4v) is 5.04. The normalized spacial score (nSPS) is 27.1. The van der Waals surface area contributed by atoms with E-state index >= 15 is 0 Å². The van der Waals surface area contributed by atoms with Gasteiger partial charge in [0.05, 0.1) is 13.2 Å². The molecule has 1 aromatic carbocycles. The molecule has 8 nitrogen and oxygen atoms in total. The van der Waals surface area contributed by atoms with Crippen molar-refractivity contribution in [3.8, 4) is 5.75 Å². The maximum atomic E-state index is 12.8. The number of hydrogen-bond donors (Lipinski definition) is 1. The van der Waals surface area contributed by atoms with E-state index in [1.807, 2.05) is 12.1 Å². The smallest absolute Gasteiger partial charge is 0.255 e. The molecule has 0 aliphatic carbocycles. The molecule has 1 aromatic rings. The van der Waals surface area contributed by atoms with Gasteiger partial charge in [-0.1, -0.05) is 6.42 Å². The Kier molecular flexibility index (Phi) is 5.67. The highest BCUT2D eigenvalue weighted by Gasteiger charge is 2.39. The number of carbonyl (C=O) groups is 3. The number of benzene rings is 1. The zero-order chi connectivity index (χ0) is 21.4. The first kappa shape index (κ1) is 20.5. The summed E-state index contributed by atoms with van der Waals surface area (Å²) in [5, 5.41) is 2.34. The first-order valence-corrected chi connectivity index (χ1v) is 11.3. The fourth-order valence-electron chi connectivity index (χ4n) is 5.04. The molecule has 31 heavy (non-hydrogen) atoms. The molecule has 3 amide bonds. The Morgan fingerprint density at radius 2 is 2.00 bits per heavy atom. The molecule has 0 radical (unpaired) electrons. The summed E-state index contributed by atoms with van der Waals surface area (Å²) in [6, 6.07) is 5.38. The third kappa shape index (κ3) is 4.19. The summed E-state index contributed by atoms with van der Waals surface area (Å²) >= 11 is 0. The van der Waals surface area contributed by atoms with Crippen LogP contribution in [0.1, 0.15) is 48.0 Å². The van der Waals surface area contributed by atoms with Gasteiger partial charge in [-0.3, -0.25) is 24.6 Å². The first-order chi connectivity index (χ1) is 15.1. The second-order valence-corrected chi connectivity index (χ2v) is 9.08. The first-order valence-electron chi connectivity index (χ1n) is 11.3. The van der Waals surface area contributed by atoms with Crippen LogP contribution in [0.4, 0.5) is 0 Å². The van der Waals surface area contributed by atoms with E-state index in [2.05, 4.69) is 10.2 Å². The minimum atomic E-state index is -0.590. The van der Waals surface area contributed by atoms with E-state index in [-0.39, 0.29) is 24.1 Å². The SMILES string of the molecule is O=C1CCC(N2Cc3cc(OC[C@H]4CCCCN4CC4COC4)ccc3C2=O)C(=O)N1. The predicted octanol–water partition coefficient (Wildman–Crippen LogP) is 1.33. The molecular formula is C23H29N3O5. The van der Waals surface area contributed by atoms with Crippen molar-refractivity contribution in [2.45, 2.75) is 50.7 Å². The lowest BCUT2D eigenvalue weighted by atomic mass is 9.99. The Balaban J connectivity index is 1.22. The molecule has 5 rings (SSSR count). The Bertz CT molecular complexity index is 884. The van der Waals surface area contributed by atoms with Crippen LogP contribution >= 0.6 is 0 Å². The van der Waals surface area contributed by atoms with Gasteiger partial charge in [0.25, 0.3) is 5.91 Å². The number of rotatable bonds is 6. The summed E-state index contributed by atoms with van der Waals surface area (Å²) in [5.41, 5.74) is 1.49. The second kappa shape index (κ2) is 8.59. The van der Waals surface area contributed by atoms with Crippen molar-refractivity contribution in [1.29, 1.82) is 0 Å². The molecule has 4 aliphatic rings. The number of ether oxygens (including phenoxy) is 2. The zero-order valence-electron chi connectivity index (χ0n) is 17.7. The van der Waals surface area contributed by atoms with Gasteiger partial charge >= 0.3 is 0 Å². The molecule has 3 saturated heterocycles. The number of fused-ring (bicyclic) bond motifs is 1. The van der Waals surface area contributed by atoms with Gasteiger partial charge in [0, 0.05) is 37.0 Å². The molecule has 3 fully saturated rings. The maximum Gasteiger partial charge on any atom is 0.255 e. The quantitative estimate of drug-likeness (QED) is 0.689. The molecule has 0 spiro atoms. The van der Waals surface area contributed by atoms with Gasteiger partial charge in [-0.15, -0.1) is 0 Å². The average molecular weight is 428 g/mol. The maximum absolute atomic E-state index is 12.8. The zero-order valence-corrected chi connectivity index (χ0v) is 17.7. The van der Waals surface area contributed by atoms with E-state index in [4.69, 9.17) is 9.47 Å². The van der Waals surface area contributed by atoms with Gasteiger partial charge in [-0.25, -0.2) is 0 Å². The third-order valence-electron chi connectivity index (χ3n) is 6.89. The number of hydrogen-bond acceptors (Lipinski definition) is 6. The molecule has 2 atom stereocenters. The average Bonchev–Trinajstić information content (AvgIpc) is 3.05. The van der Waals surface area contributed by atoms with E-state index in [0.717, 1.165) is 44.0 Å². The highest BCUT2D eigenvalue weighted by Crippen LogP contribution is 2.30. The standard InChI is InChI=1S/C23H29N3O5/c27-21-7-6-20(22(28)24-21)26-11-16-9-18(4-5-19(16)23(26)29)31-14-17-3-1-2-8-25(17)10-15-12-30-13-15/h4-5,9,15,17,20H,1-3,6-8,10-14H2,(H,24,27,28)/t17-,20?/m1/s1. The van der Waals surface area contributed by atoms with E-state index in [9.17, 15) is 14.4 Å². The van der Waals surface area contributed by atoms with Crippen molar-refractivity contribution in [3.63, 3.8) is 0 Å². The molecule has 166 valence electrons. The van der Waals surface area contributed by atoms with Crippen LogP contribution in [-0.2, 0) is 20.9 Å². The molecule has 1 N–H and O–H groups in total. The topological polar surface area (TPSA) is 88.2 Å². The van der Waals surface area contributed by atoms with E-state index < -0.39 is 6.04 Å². The predicted molar refractivity (Wildman–Crippen MR) is 112 cm³/mol. The number of piperidine rings is 2. The lowest BCUT2D eigenvalue weighted by molar-refractivity contribution is -0.136. The number of nitrogens with zero attached hydrogens (tertiary/aromatic N) is 2. The van der Waals surface area contributed by atoms with Gasteiger partial charge in [-0.2, -0.15) is 0 Å². The Hall–Kier alpha value is -2.45. The molecule has 0 saturated carbocycles. The van der Waals surface area contributed by atoms with Crippen LogP contribution in [0.25, 0.3) is 0 Å². The Morgan fingerprint density at radius 3 is 2.77 bits per heavy atom. The van der Waals surface area contributed by atoms with Crippen LogP contribution in [-0.4, -0.2) is 72.5 Å². The Morgan fingerprint density at radius 1 is 1.13 bits per heavy atom. The summed E-state index contributed by atoms with van der Waals surface area (Å²) in [4.78, 5) is 40.6. The van der Waals surface area contributed by atoms with Crippen LogP contribution in [0, 0.1) is 5.92 Å². The highest BCUT2D eigenvalue weighted by molar-refractivity contribution is 6.05. The largest absolute Gasteiger partial charge is 0.492 e. The number of carbonyl (C=O) groups excluding carboxylic acids is 3. The fraction of sp³-hybridized carbons (Fsp3) is 0.609. The van der Waals surface area contributed by atoms with Crippen molar-refractivity contribution in [2.24, 2.45) is 5.92 Å². The van der Waals surface area contributed by atoms with Gasteiger partial charge in [-0.05, 0) is 49.6 Å². The monoisotopic (exact) mass is 427 g/mol. The second-order valence-electron chi connectivity index (χ2n) is 9.08. The Labute approximate surface area is 181 Å². The van der Waals surface area contributed by atoms with Gasteiger partial charge in [0.1, 0.15) is 18.4 Å². The van der Waals surface area contributed by atoms with Crippen LogP contribution < -0.4 is 10.1 Å². The van der Waals surface area contributed by atoms with Crippen molar-refractivity contribution in [1.82, 2.24) is 15.1 Å². The van der Waals surface area contributed by atoms with Gasteiger partial charge < -0.3 is 14.4 Å². The van der Waals surface area contributed by atoms with Crippen molar-refractivity contribution >= 4 is 17.7 Å². The van der Waals surface area contributed by atoms with E-state index in [1.54, 1.807) is 11.0 Å². The lowest BCUT2D eigenvalue weighted by Gasteiger charge is -2.39. The van der Waals surface area contributed by atoms with Crippen LogP contribution in [0.2, 0.25) is 0 Å². The van der Waals surface area contributed by atoms with E-state index in [0.29, 0.717) is 37.1 Å². The molecule has 1 unspecified atom stereocenters. The number of likely N-dealkylation sites (tertiary alicyclic amines) is 1. The lowest BCUT2D eigenvalue weighted by Crippen LogP contribution is -2.52. The summed E-state index contributed by atoms with van der Waals surface area (Å²) in [7, 11) is 0. The highest BCUT2D eigenvalue weighted by atomic mass is 16.5. The molecule has 0 bridgehead atoms. The van der Waals surface area contributed by atoms with Crippen LogP contribution in [0.3, 0.4) is 0 Å². The summed E-state index contributed by atoms with van der Waals surface area (Å²) in [6.45, 7) is 4.93. The number of imide groups is 1.